The van der Waals surface area contributed by atoms with Crippen molar-refractivity contribution in [1.82, 2.24) is 15.5 Å². The standard InChI is InChI=1S/C25H30ClF3N4O5S/c1-39(37,38)20(27)11-17(9-14-7-8-30-23(14)35)32-24(36)22-19-6-5-18(12-25(19,28)29)33(22)21(34)13-31-16-4-2-3-15(26)10-16/h2-4,10-11,14,17-19,22,31H,5-9,12-13H2,1H3,(H,30,35)(H,32,36)/b20-11-/t14-,17+,18+,19+,22+/m0/s1. The zero-order valence-electron chi connectivity index (χ0n) is 21.1. The van der Waals surface area contributed by atoms with Crippen LogP contribution < -0.4 is 16.0 Å². The number of anilines is 1. The third kappa shape index (κ3) is 6.68. The number of hydrogen-bond donors (Lipinski definition) is 3. The Morgan fingerprint density at radius 2 is 2.03 bits per heavy atom. The highest BCUT2D eigenvalue weighted by Crippen LogP contribution is 2.49. The largest absolute Gasteiger partial charge is 0.376 e. The first-order valence-corrected chi connectivity index (χ1v) is 14.9. The fourth-order valence-electron chi connectivity index (χ4n) is 5.63. The number of halogens is 4. The van der Waals surface area contributed by atoms with Crippen molar-refractivity contribution in [2.45, 2.75) is 56.2 Å². The second kappa shape index (κ2) is 11.4. The van der Waals surface area contributed by atoms with E-state index in [1.54, 1.807) is 24.3 Å². The van der Waals surface area contributed by atoms with Gasteiger partial charge in [0.05, 0.1) is 18.5 Å². The molecule has 1 aromatic carbocycles. The van der Waals surface area contributed by atoms with E-state index in [0.29, 0.717) is 42.4 Å². The highest BCUT2D eigenvalue weighted by molar-refractivity contribution is 7.94. The SMILES string of the molecule is CS(=O)(=O)/C(F)=C\[C@@H](C[C@@H]1CCNC1=O)NC(=O)[C@H]1[C@H]2CC[C@H](CC2(F)F)N1C(=O)CNc1cccc(Cl)c1. The van der Waals surface area contributed by atoms with Crippen LogP contribution in [0.1, 0.15) is 32.1 Å². The van der Waals surface area contributed by atoms with E-state index in [9.17, 15) is 36.0 Å². The van der Waals surface area contributed by atoms with Gasteiger partial charge in [-0.25, -0.2) is 17.2 Å². The van der Waals surface area contributed by atoms with Crippen molar-refractivity contribution in [1.29, 1.82) is 0 Å². The Bertz CT molecular complexity index is 1280. The van der Waals surface area contributed by atoms with Crippen LogP contribution in [-0.2, 0) is 24.2 Å². The van der Waals surface area contributed by atoms with Crippen LogP contribution in [0.4, 0.5) is 18.9 Å². The van der Waals surface area contributed by atoms with Crippen LogP contribution in [0.3, 0.4) is 0 Å². The minimum atomic E-state index is -4.25. The van der Waals surface area contributed by atoms with E-state index < -0.39 is 69.1 Å². The molecule has 39 heavy (non-hydrogen) atoms. The van der Waals surface area contributed by atoms with Crippen LogP contribution in [0.15, 0.2) is 35.5 Å². The van der Waals surface area contributed by atoms with E-state index in [-0.39, 0.29) is 25.3 Å². The number of nitrogens with zero attached hydrogens (tertiary/aromatic N) is 1. The van der Waals surface area contributed by atoms with Crippen LogP contribution in [0.5, 0.6) is 0 Å². The fraction of sp³-hybridized carbons (Fsp3) is 0.560. The summed E-state index contributed by atoms with van der Waals surface area (Å²) in [6.45, 7) is 0.0795. The lowest BCUT2D eigenvalue weighted by atomic mass is 9.71. The molecule has 3 saturated heterocycles. The van der Waals surface area contributed by atoms with Crippen molar-refractivity contribution in [3.05, 3.63) is 40.5 Å². The number of carbonyl (C=O) groups is 3. The molecule has 14 heteroatoms. The molecule has 3 aliphatic heterocycles. The Morgan fingerprint density at radius 3 is 2.64 bits per heavy atom. The van der Waals surface area contributed by atoms with Gasteiger partial charge in [0, 0.05) is 41.9 Å². The highest BCUT2D eigenvalue weighted by atomic mass is 35.5. The molecule has 5 atom stereocenters. The van der Waals surface area contributed by atoms with Gasteiger partial charge in [-0.3, -0.25) is 14.4 Å². The van der Waals surface area contributed by atoms with Gasteiger partial charge < -0.3 is 20.9 Å². The van der Waals surface area contributed by atoms with E-state index in [2.05, 4.69) is 16.0 Å². The Hall–Kier alpha value is -2.80. The summed E-state index contributed by atoms with van der Waals surface area (Å²) in [6, 6.07) is 2.84. The van der Waals surface area contributed by atoms with Crippen molar-refractivity contribution in [2.24, 2.45) is 11.8 Å². The quantitative estimate of drug-likeness (QED) is 0.406. The zero-order valence-corrected chi connectivity index (χ0v) is 22.7. The van der Waals surface area contributed by atoms with Crippen LogP contribution in [0.2, 0.25) is 5.02 Å². The van der Waals surface area contributed by atoms with Gasteiger partial charge in [0.15, 0.2) is 0 Å². The first-order chi connectivity index (χ1) is 18.3. The molecule has 9 nitrogen and oxygen atoms in total. The third-order valence-electron chi connectivity index (χ3n) is 7.48. The molecule has 1 saturated carbocycles. The van der Waals surface area contributed by atoms with Gasteiger partial charge in [-0.05, 0) is 50.0 Å². The van der Waals surface area contributed by atoms with Gasteiger partial charge >= 0.3 is 0 Å². The van der Waals surface area contributed by atoms with E-state index in [1.807, 2.05) is 0 Å². The van der Waals surface area contributed by atoms with Gasteiger partial charge in [-0.1, -0.05) is 17.7 Å². The molecule has 0 unspecified atom stereocenters. The minimum Gasteiger partial charge on any atom is -0.376 e. The maximum absolute atomic E-state index is 15.0. The van der Waals surface area contributed by atoms with E-state index in [1.165, 1.54) is 0 Å². The molecule has 4 fully saturated rings. The fourth-order valence-corrected chi connectivity index (χ4v) is 6.23. The molecule has 1 aliphatic carbocycles. The molecule has 0 spiro atoms. The number of amides is 3. The molecular weight excluding hydrogens is 561 g/mol. The smallest absolute Gasteiger partial charge is 0.255 e. The van der Waals surface area contributed by atoms with Crippen LogP contribution in [0.25, 0.3) is 0 Å². The summed E-state index contributed by atoms with van der Waals surface area (Å²) in [5, 5.41) is 6.88. The minimum absolute atomic E-state index is 0.00446. The van der Waals surface area contributed by atoms with Gasteiger partial charge in [0.25, 0.3) is 5.92 Å². The second-order valence-corrected chi connectivity index (χ2v) is 12.7. The summed E-state index contributed by atoms with van der Waals surface area (Å²) in [5.41, 5.74) is 0.528. The summed E-state index contributed by atoms with van der Waals surface area (Å²) < 4.78 is 67.7. The normalized spacial score (nSPS) is 27.2. The number of benzene rings is 1. The molecular formula is C25H30ClF3N4O5S. The Balaban J connectivity index is 1.58. The average Bonchev–Trinajstić information content (AvgIpc) is 3.25. The van der Waals surface area contributed by atoms with Gasteiger partial charge in [-0.15, -0.1) is 0 Å². The Morgan fingerprint density at radius 1 is 1.28 bits per heavy atom. The van der Waals surface area contributed by atoms with Crippen LogP contribution in [0, 0.1) is 11.8 Å². The highest BCUT2D eigenvalue weighted by Gasteiger charge is 2.60. The van der Waals surface area contributed by atoms with Crippen molar-refractivity contribution < 1.29 is 36.0 Å². The summed E-state index contributed by atoms with van der Waals surface area (Å²) in [6.07, 6.45) is 1.27. The number of hydrogen-bond acceptors (Lipinski definition) is 6. The number of rotatable bonds is 9. The third-order valence-corrected chi connectivity index (χ3v) is 8.56. The maximum Gasteiger partial charge on any atom is 0.255 e. The lowest BCUT2D eigenvalue weighted by Gasteiger charge is -2.53. The molecule has 5 rings (SSSR count). The van der Waals surface area contributed by atoms with Crippen LogP contribution >= 0.6 is 11.6 Å². The number of alkyl halides is 2. The van der Waals surface area contributed by atoms with E-state index in [0.717, 1.165) is 4.90 Å². The summed E-state index contributed by atoms with van der Waals surface area (Å²) in [7, 11) is -4.25. The number of piperidine rings is 2. The monoisotopic (exact) mass is 590 g/mol. The lowest BCUT2D eigenvalue weighted by Crippen LogP contribution is -2.69. The van der Waals surface area contributed by atoms with Crippen molar-refractivity contribution in [3.8, 4) is 0 Å². The summed E-state index contributed by atoms with van der Waals surface area (Å²) in [5.74, 6) is -7.20. The number of sulfone groups is 1. The predicted octanol–water partition coefficient (Wildman–Crippen LogP) is 2.63. The van der Waals surface area contributed by atoms with Crippen molar-refractivity contribution in [2.75, 3.05) is 24.7 Å². The molecule has 1 aromatic rings. The molecule has 214 valence electrons. The summed E-state index contributed by atoms with van der Waals surface area (Å²) >= 11 is 5.97. The van der Waals surface area contributed by atoms with Crippen molar-refractivity contribution in [3.63, 3.8) is 0 Å². The van der Waals surface area contributed by atoms with E-state index in [4.69, 9.17) is 11.6 Å². The number of carbonyl (C=O) groups excluding carboxylic acids is 3. The molecule has 3 N–H and O–H groups in total. The molecule has 3 amide bonds. The second-order valence-electron chi connectivity index (χ2n) is 10.3. The Kier molecular flexibility index (Phi) is 8.50. The average molecular weight is 591 g/mol. The molecule has 0 radical (unpaired) electrons. The van der Waals surface area contributed by atoms with Crippen molar-refractivity contribution >= 4 is 44.8 Å². The number of nitrogens with one attached hydrogen (secondary N) is 3. The van der Waals surface area contributed by atoms with Crippen LogP contribution in [-0.4, -0.2) is 74.4 Å². The summed E-state index contributed by atoms with van der Waals surface area (Å²) in [4.78, 5) is 40.1. The predicted molar refractivity (Wildman–Crippen MR) is 138 cm³/mol. The topological polar surface area (TPSA) is 125 Å². The van der Waals surface area contributed by atoms with Gasteiger partial charge in [-0.2, -0.15) is 4.39 Å². The zero-order chi connectivity index (χ0) is 28.5. The first kappa shape index (κ1) is 29.2. The van der Waals surface area contributed by atoms with E-state index >= 15 is 0 Å². The maximum atomic E-state index is 15.0. The molecule has 2 bridgehead atoms. The van der Waals surface area contributed by atoms with Gasteiger partial charge in [0.1, 0.15) is 6.04 Å². The lowest BCUT2D eigenvalue weighted by molar-refractivity contribution is -0.193. The molecule has 4 aliphatic rings. The Labute approximate surface area is 229 Å². The van der Waals surface area contributed by atoms with Gasteiger partial charge in [0.2, 0.25) is 32.7 Å². The molecule has 3 heterocycles. The first-order valence-electron chi connectivity index (χ1n) is 12.6. The molecule has 0 aromatic heterocycles. The number of fused-ring (bicyclic) bond motifs is 3.